The highest BCUT2D eigenvalue weighted by Gasteiger charge is 2.25. The Morgan fingerprint density at radius 3 is 1.90 bits per heavy atom. The van der Waals surface area contributed by atoms with E-state index in [1.54, 1.807) is 6.92 Å². The van der Waals surface area contributed by atoms with Gasteiger partial charge in [-0.25, -0.2) is 0 Å². The molecular weight excluding hydrogens is 260 g/mol. The summed E-state index contributed by atoms with van der Waals surface area (Å²) >= 11 is 0. The Balaban J connectivity index is 1.95. The van der Waals surface area contributed by atoms with E-state index in [2.05, 4.69) is 36.4 Å². The number of primary amides is 1. The Kier molecular flexibility index (Phi) is 4.76. The summed E-state index contributed by atoms with van der Waals surface area (Å²) in [6, 6.07) is 18.7. The second-order valence-corrected chi connectivity index (χ2v) is 5.76. The zero-order valence-electron chi connectivity index (χ0n) is 12.4. The number of amides is 1. The van der Waals surface area contributed by atoms with Crippen LogP contribution in [0.1, 0.15) is 23.6 Å². The zero-order chi connectivity index (χ0) is 15.3. The lowest BCUT2D eigenvalue weighted by atomic mass is 9.92. The molecule has 0 heterocycles. The molecule has 0 bridgehead atoms. The molecule has 0 aliphatic heterocycles. The van der Waals surface area contributed by atoms with E-state index in [1.165, 1.54) is 11.1 Å². The van der Waals surface area contributed by atoms with Gasteiger partial charge in [-0.3, -0.25) is 4.79 Å². The molecule has 2 rings (SSSR count). The first-order valence-corrected chi connectivity index (χ1v) is 7.18. The summed E-state index contributed by atoms with van der Waals surface area (Å²) in [5.74, 6) is -0.476. The van der Waals surface area contributed by atoms with E-state index in [0.717, 1.165) is 18.4 Å². The van der Waals surface area contributed by atoms with Gasteiger partial charge >= 0.3 is 0 Å². The Hall–Kier alpha value is -2.13. The van der Waals surface area contributed by atoms with E-state index in [9.17, 15) is 4.79 Å². The number of rotatable bonds is 6. The molecule has 0 saturated heterocycles. The molecule has 3 nitrogen and oxygen atoms in total. The summed E-state index contributed by atoms with van der Waals surface area (Å²) in [5, 5.41) is 0. The minimum atomic E-state index is -0.994. The van der Waals surface area contributed by atoms with Crippen molar-refractivity contribution in [2.24, 2.45) is 11.5 Å². The van der Waals surface area contributed by atoms with Gasteiger partial charge in [0, 0.05) is 0 Å². The van der Waals surface area contributed by atoms with Gasteiger partial charge in [-0.15, -0.1) is 0 Å². The fourth-order valence-corrected chi connectivity index (χ4v) is 2.27. The Morgan fingerprint density at radius 1 is 0.905 bits per heavy atom. The van der Waals surface area contributed by atoms with Crippen LogP contribution < -0.4 is 11.5 Å². The van der Waals surface area contributed by atoms with Crippen LogP contribution in [0, 0.1) is 0 Å². The second-order valence-electron chi connectivity index (χ2n) is 5.76. The Morgan fingerprint density at radius 2 is 1.38 bits per heavy atom. The van der Waals surface area contributed by atoms with Crippen molar-refractivity contribution in [2.75, 3.05) is 0 Å². The number of benzene rings is 2. The van der Waals surface area contributed by atoms with Crippen molar-refractivity contribution in [3.8, 4) is 0 Å². The fraction of sp³-hybridized carbons (Fsp3) is 0.278. The molecule has 1 unspecified atom stereocenters. The first-order chi connectivity index (χ1) is 9.97. The Bertz CT molecular complexity index is 588. The van der Waals surface area contributed by atoms with Gasteiger partial charge in [0.1, 0.15) is 0 Å². The highest BCUT2D eigenvalue weighted by Crippen LogP contribution is 2.13. The smallest absolute Gasteiger partial charge is 0.237 e. The van der Waals surface area contributed by atoms with Crippen molar-refractivity contribution < 1.29 is 4.79 Å². The lowest BCUT2D eigenvalue weighted by molar-refractivity contribution is -0.122. The molecule has 0 aliphatic carbocycles. The predicted molar refractivity (Wildman–Crippen MR) is 85.8 cm³/mol. The summed E-state index contributed by atoms with van der Waals surface area (Å²) in [5.41, 5.74) is 13.8. The van der Waals surface area contributed by atoms with Crippen LogP contribution in [0.4, 0.5) is 0 Å². The largest absolute Gasteiger partial charge is 0.368 e. The SMILES string of the molecule is CC(N)(Cc1ccc(CCc2ccccc2)cc1)C(N)=O. The molecule has 0 spiro atoms. The minimum absolute atomic E-state index is 0.460. The maximum Gasteiger partial charge on any atom is 0.237 e. The van der Waals surface area contributed by atoms with Gasteiger partial charge in [-0.2, -0.15) is 0 Å². The van der Waals surface area contributed by atoms with E-state index in [4.69, 9.17) is 11.5 Å². The van der Waals surface area contributed by atoms with Crippen LogP contribution in [0.3, 0.4) is 0 Å². The lowest BCUT2D eigenvalue weighted by Crippen LogP contribution is -2.51. The second kappa shape index (κ2) is 6.55. The van der Waals surface area contributed by atoms with Crippen LogP contribution >= 0.6 is 0 Å². The molecule has 0 saturated carbocycles. The lowest BCUT2D eigenvalue weighted by Gasteiger charge is -2.20. The molecular formula is C18H22N2O. The maximum absolute atomic E-state index is 11.2. The third-order valence-electron chi connectivity index (χ3n) is 3.70. The predicted octanol–water partition coefficient (Wildman–Crippen LogP) is 2.22. The van der Waals surface area contributed by atoms with Crippen molar-refractivity contribution in [3.05, 3.63) is 71.3 Å². The summed E-state index contributed by atoms with van der Waals surface area (Å²) in [4.78, 5) is 11.2. The number of carbonyl (C=O) groups excluding carboxylic acids is 1. The van der Waals surface area contributed by atoms with Crippen molar-refractivity contribution in [1.29, 1.82) is 0 Å². The van der Waals surface area contributed by atoms with Crippen molar-refractivity contribution in [2.45, 2.75) is 31.7 Å². The Labute approximate surface area is 126 Å². The van der Waals surface area contributed by atoms with Crippen molar-refractivity contribution >= 4 is 5.91 Å². The fourth-order valence-electron chi connectivity index (χ4n) is 2.27. The maximum atomic E-state index is 11.2. The molecule has 0 fully saturated rings. The quantitative estimate of drug-likeness (QED) is 0.853. The molecule has 1 atom stereocenters. The topological polar surface area (TPSA) is 69.1 Å². The van der Waals surface area contributed by atoms with Crippen molar-refractivity contribution in [3.63, 3.8) is 0 Å². The van der Waals surface area contributed by atoms with Crippen molar-refractivity contribution in [1.82, 2.24) is 0 Å². The monoisotopic (exact) mass is 282 g/mol. The standard InChI is InChI=1S/C18H22N2O/c1-18(20,17(19)21)13-16-11-9-15(10-12-16)8-7-14-5-3-2-4-6-14/h2-6,9-12H,7-8,13,20H2,1H3,(H2,19,21). The number of hydrogen-bond donors (Lipinski definition) is 2. The van der Waals surface area contributed by atoms with Gasteiger partial charge in [-0.05, 0) is 42.9 Å². The molecule has 110 valence electrons. The number of hydrogen-bond acceptors (Lipinski definition) is 2. The number of nitrogens with two attached hydrogens (primary N) is 2. The summed E-state index contributed by atoms with van der Waals surface area (Å²) in [6.07, 6.45) is 2.48. The molecule has 3 heteroatoms. The van der Waals surface area contributed by atoms with Gasteiger partial charge in [0.15, 0.2) is 0 Å². The third-order valence-corrected chi connectivity index (χ3v) is 3.70. The van der Waals surface area contributed by atoms with Crippen LogP contribution in [-0.2, 0) is 24.1 Å². The van der Waals surface area contributed by atoms with Crippen LogP contribution in [0.15, 0.2) is 54.6 Å². The van der Waals surface area contributed by atoms with Gasteiger partial charge in [0.2, 0.25) is 5.91 Å². The molecule has 21 heavy (non-hydrogen) atoms. The molecule has 2 aromatic carbocycles. The number of aryl methyl sites for hydroxylation is 2. The highest BCUT2D eigenvalue weighted by molar-refractivity contribution is 5.84. The van der Waals surface area contributed by atoms with Crippen LogP contribution in [0.2, 0.25) is 0 Å². The van der Waals surface area contributed by atoms with Gasteiger partial charge < -0.3 is 11.5 Å². The average molecular weight is 282 g/mol. The van der Waals surface area contributed by atoms with E-state index in [1.807, 2.05) is 18.2 Å². The summed E-state index contributed by atoms with van der Waals surface area (Å²) in [7, 11) is 0. The number of carbonyl (C=O) groups is 1. The van der Waals surface area contributed by atoms with Crippen LogP contribution in [0.5, 0.6) is 0 Å². The third kappa shape index (κ3) is 4.43. The van der Waals surface area contributed by atoms with E-state index < -0.39 is 11.4 Å². The minimum Gasteiger partial charge on any atom is -0.368 e. The van der Waals surface area contributed by atoms with E-state index in [-0.39, 0.29) is 0 Å². The van der Waals surface area contributed by atoms with E-state index in [0.29, 0.717) is 6.42 Å². The molecule has 0 aromatic heterocycles. The van der Waals surface area contributed by atoms with Crippen LogP contribution in [0.25, 0.3) is 0 Å². The average Bonchev–Trinajstić information content (AvgIpc) is 2.47. The van der Waals surface area contributed by atoms with Gasteiger partial charge in [0.05, 0.1) is 5.54 Å². The van der Waals surface area contributed by atoms with Gasteiger partial charge in [-0.1, -0.05) is 54.6 Å². The first-order valence-electron chi connectivity index (χ1n) is 7.18. The van der Waals surface area contributed by atoms with Gasteiger partial charge in [0.25, 0.3) is 0 Å². The normalized spacial score (nSPS) is 13.6. The highest BCUT2D eigenvalue weighted by atomic mass is 16.1. The zero-order valence-corrected chi connectivity index (χ0v) is 12.4. The summed E-state index contributed by atoms with van der Waals surface area (Å²) in [6.45, 7) is 1.67. The van der Waals surface area contributed by atoms with E-state index >= 15 is 0 Å². The molecule has 1 amide bonds. The first kappa shape index (κ1) is 15.3. The molecule has 2 aromatic rings. The molecule has 0 radical (unpaired) electrons. The summed E-state index contributed by atoms with van der Waals surface area (Å²) < 4.78 is 0. The van der Waals surface area contributed by atoms with Crippen LogP contribution in [-0.4, -0.2) is 11.4 Å². The molecule has 4 N–H and O–H groups in total. The molecule has 0 aliphatic rings.